The van der Waals surface area contributed by atoms with Crippen LogP contribution in [-0.4, -0.2) is 39.8 Å². The number of nitrogens with two attached hydrogens (primary N) is 1. The standard InChI is InChI=1S/C14H16N4O4/c1-4-22-12(21)14-6-13(14,8(3)19)7(2)17-11-9(10(15)20)5-16-18(11)14/h5H,4,6H2,1-3H3,(H2,15,20). The quantitative estimate of drug-likeness (QED) is 0.804. The predicted octanol–water partition coefficient (Wildman–Crippen LogP) is 0.325. The van der Waals surface area contributed by atoms with Gasteiger partial charge in [-0.25, -0.2) is 14.5 Å². The van der Waals surface area contributed by atoms with Gasteiger partial charge in [-0.2, -0.15) is 5.10 Å². The Morgan fingerprint density at radius 2 is 2.14 bits per heavy atom. The van der Waals surface area contributed by atoms with E-state index >= 15 is 0 Å². The van der Waals surface area contributed by atoms with E-state index in [0.29, 0.717) is 5.71 Å². The smallest absolute Gasteiger partial charge is 0.335 e. The lowest BCUT2D eigenvalue weighted by atomic mass is 9.89. The van der Waals surface area contributed by atoms with Crippen molar-refractivity contribution in [3.8, 4) is 0 Å². The summed E-state index contributed by atoms with van der Waals surface area (Å²) in [5.41, 5.74) is 3.60. The van der Waals surface area contributed by atoms with E-state index in [4.69, 9.17) is 10.5 Å². The Labute approximate surface area is 126 Å². The first kappa shape index (κ1) is 14.4. The molecule has 2 N–H and O–H groups in total. The zero-order chi connectivity index (χ0) is 16.3. The summed E-state index contributed by atoms with van der Waals surface area (Å²) in [6.45, 7) is 4.96. The van der Waals surface area contributed by atoms with Gasteiger partial charge < -0.3 is 10.5 Å². The molecule has 0 bridgehead atoms. The van der Waals surface area contributed by atoms with Crippen LogP contribution in [0.25, 0.3) is 0 Å². The van der Waals surface area contributed by atoms with Crippen molar-refractivity contribution in [2.45, 2.75) is 32.7 Å². The number of hydrogen-bond donors (Lipinski definition) is 1. The number of carbonyl (C=O) groups excluding carboxylic acids is 3. The summed E-state index contributed by atoms with van der Waals surface area (Å²) in [6, 6.07) is 0. The molecular weight excluding hydrogens is 288 g/mol. The van der Waals surface area contributed by atoms with Crippen molar-refractivity contribution >= 4 is 29.2 Å². The van der Waals surface area contributed by atoms with Gasteiger partial charge in [0.2, 0.25) is 0 Å². The highest BCUT2D eigenvalue weighted by molar-refractivity contribution is 6.19. The molecule has 3 rings (SSSR count). The van der Waals surface area contributed by atoms with Gasteiger partial charge in [0, 0.05) is 12.1 Å². The van der Waals surface area contributed by atoms with Gasteiger partial charge in [-0.3, -0.25) is 9.59 Å². The lowest BCUT2D eigenvalue weighted by molar-refractivity contribution is -0.151. The average molecular weight is 304 g/mol. The molecule has 2 unspecified atom stereocenters. The van der Waals surface area contributed by atoms with Crippen LogP contribution in [-0.2, 0) is 19.9 Å². The first-order chi connectivity index (χ1) is 10.3. The third kappa shape index (κ3) is 1.39. The number of aliphatic imine (C=N–C) groups is 1. The Balaban J connectivity index is 2.26. The van der Waals surface area contributed by atoms with Crippen LogP contribution in [0.1, 0.15) is 37.6 Å². The Kier molecular flexibility index (Phi) is 2.79. The van der Waals surface area contributed by atoms with Crippen LogP contribution in [0, 0.1) is 5.41 Å². The highest BCUT2D eigenvalue weighted by Gasteiger charge is 2.81. The molecule has 8 nitrogen and oxygen atoms in total. The fourth-order valence-electron chi connectivity index (χ4n) is 3.43. The lowest BCUT2D eigenvalue weighted by Crippen LogP contribution is -2.44. The van der Waals surface area contributed by atoms with E-state index in [1.54, 1.807) is 13.8 Å². The normalized spacial score (nSPS) is 28.2. The molecule has 1 aliphatic carbocycles. The molecule has 1 saturated carbocycles. The molecule has 1 aliphatic heterocycles. The minimum Gasteiger partial charge on any atom is -0.464 e. The first-order valence-electron chi connectivity index (χ1n) is 6.95. The fourth-order valence-corrected chi connectivity index (χ4v) is 3.43. The van der Waals surface area contributed by atoms with Crippen molar-refractivity contribution in [2.75, 3.05) is 6.61 Å². The van der Waals surface area contributed by atoms with E-state index in [1.165, 1.54) is 17.8 Å². The number of nitrogens with zero attached hydrogens (tertiary/aromatic N) is 3. The second-order valence-electron chi connectivity index (χ2n) is 5.57. The Bertz CT molecular complexity index is 750. The number of rotatable bonds is 4. The van der Waals surface area contributed by atoms with E-state index in [1.807, 2.05) is 0 Å². The Hall–Kier alpha value is -2.51. The van der Waals surface area contributed by atoms with Crippen molar-refractivity contribution in [2.24, 2.45) is 16.1 Å². The molecule has 2 atom stereocenters. The zero-order valence-electron chi connectivity index (χ0n) is 12.5. The maximum Gasteiger partial charge on any atom is 0.335 e. The molecule has 1 aromatic rings. The molecule has 1 fully saturated rings. The molecule has 8 heteroatoms. The van der Waals surface area contributed by atoms with Crippen LogP contribution in [0.4, 0.5) is 5.82 Å². The van der Waals surface area contributed by atoms with Crippen molar-refractivity contribution in [1.29, 1.82) is 0 Å². The highest BCUT2D eigenvalue weighted by Crippen LogP contribution is 2.66. The van der Waals surface area contributed by atoms with Crippen molar-refractivity contribution in [3.05, 3.63) is 11.8 Å². The molecule has 22 heavy (non-hydrogen) atoms. The summed E-state index contributed by atoms with van der Waals surface area (Å²) < 4.78 is 6.47. The van der Waals surface area contributed by atoms with Gasteiger partial charge in [-0.1, -0.05) is 0 Å². The molecule has 116 valence electrons. The number of ether oxygens (including phenoxy) is 1. The van der Waals surface area contributed by atoms with Gasteiger partial charge in [-0.15, -0.1) is 0 Å². The largest absolute Gasteiger partial charge is 0.464 e. The molecule has 2 heterocycles. The summed E-state index contributed by atoms with van der Waals surface area (Å²) in [4.78, 5) is 40.6. The third-order valence-electron chi connectivity index (χ3n) is 4.58. The Morgan fingerprint density at radius 3 is 2.68 bits per heavy atom. The van der Waals surface area contributed by atoms with Gasteiger partial charge in [0.1, 0.15) is 16.8 Å². The zero-order valence-corrected chi connectivity index (χ0v) is 12.5. The average Bonchev–Trinajstić information content (AvgIpc) is 3.02. The van der Waals surface area contributed by atoms with Crippen LogP contribution >= 0.6 is 0 Å². The minimum atomic E-state index is -1.26. The maximum absolute atomic E-state index is 12.6. The van der Waals surface area contributed by atoms with Gasteiger partial charge in [0.25, 0.3) is 5.91 Å². The summed E-state index contributed by atoms with van der Waals surface area (Å²) in [6.07, 6.45) is 1.50. The Morgan fingerprint density at radius 1 is 1.45 bits per heavy atom. The molecule has 1 amide bonds. The summed E-state index contributed by atoms with van der Waals surface area (Å²) in [7, 11) is 0. The molecule has 0 spiro atoms. The molecule has 0 saturated heterocycles. The number of hydrogen-bond acceptors (Lipinski definition) is 6. The second kappa shape index (κ2) is 4.25. The predicted molar refractivity (Wildman–Crippen MR) is 75.9 cm³/mol. The maximum atomic E-state index is 12.6. The molecule has 2 aliphatic rings. The van der Waals surface area contributed by atoms with Crippen LogP contribution in [0.3, 0.4) is 0 Å². The SMILES string of the molecule is CCOC(=O)C12CC1(C(C)=O)C(C)=Nc1c(C(N)=O)cnn12. The number of primary amides is 1. The number of esters is 1. The van der Waals surface area contributed by atoms with Gasteiger partial charge in [0.05, 0.1) is 12.8 Å². The fraction of sp³-hybridized carbons (Fsp3) is 0.500. The van der Waals surface area contributed by atoms with E-state index < -0.39 is 22.8 Å². The van der Waals surface area contributed by atoms with Gasteiger partial charge in [0.15, 0.2) is 11.4 Å². The summed E-state index contributed by atoms with van der Waals surface area (Å²) >= 11 is 0. The number of carbonyl (C=O) groups is 3. The second-order valence-corrected chi connectivity index (χ2v) is 5.57. The van der Waals surface area contributed by atoms with Crippen molar-refractivity contribution < 1.29 is 19.1 Å². The molecule has 0 aromatic carbocycles. The molecular formula is C14H16N4O4. The van der Waals surface area contributed by atoms with Gasteiger partial charge >= 0.3 is 5.97 Å². The van der Waals surface area contributed by atoms with E-state index in [0.717, 1.165) is 0 Å². The topological polar surface area (TPSA) is 117 Å². The van der Waals surface area contributed by atoms with Crippen LogP contribution in [0.15, 0.2) is 11.2 Å². The van der Waals surface area contributed by atoms with E-state index in [-0.39, 0.29) is 30.2 Å². The number of Topliss-reactive ketones (excluding diaryl/α,β-unsaturated/α-hetero) is 1. The number of fused-ring (bicyclic) bond motifs is 3. The highest BCUT2D eigenvalue weighted by atomic mass is 16.5. The summed E-state index contributed by atoms with van der Waals surface area (Å²) in [5, 5.41) is 4.09. The first-order valence-corrected chi connectivity index (χ1v) is 6.95. The lowest BCUT2D eigenvalue weighted by Gasteiger charge is -2.27. The van der Waals surface area contributed by atoms with Crippen LogP contribution in [0.2, 0.25) is 0 Å². The van der Waals surface area contributed by atoms with E-state index in [2.05, 4.69) is 10.1 Å². The molecule has 0 radical (unpaired) electrons. The van der Waals surface area contributed by atoms with Gasteiger partial charge in [-0.05, 0) is 20.8 Å². The summed E-state index contributed by atoms with van der Waals surface area (Å²) in [5.74, 6) is -1.20. The molecule has 1 aromatic heterocycles. The van der Waals surface area contributed by atoms with Crippen LogP contribution < -0.4 is 5.73 Å². The third-order valence-corrected chi connectivity index (χ3v) is 4.58. The van der Waals surface area contributed by atoms with E-state index in [9.17, 15) is 14.4 Å². The number of aromatic nitrogens is 2. The number of ketones is 1. The monoisotopic (exact) mass is 304 g/mol. The van der Waals surface area contributed by atoms with Crippen molar-refractivity contribution in [1.82, 2.24) is 9.78 Å². The number of amides is 1. The van der Waals surface area contributed by atoms with Crippen molar-refractivity contribution in [3.63, 3.8) is 0 Å². The minimum absolute atomic E-state index is 0.118. The van der Waals surface area contributed by atoms with Crippen LogP contribution in [0.5, 0.6) is 0 Å².